The van der Waals surface area contributed by atoms with Gasteiger partial charge in [-0.1, -0.05) is 35.9 Å². The van der Waals surface area contributed by atoms with E-state index in [-0.39, 0.29) is 30.1 Å². The van der Waals surface area contributed by atoms with Gasteiger partial charge < -0.3 is 20.6 Å². The second-order valence-corrected chi connectivity index (χ2v) is 11.7. The lowest BCUT2D eigenvalue weighted by Crippen LogP contribution is -2.55. The van der Waals surface area contributed by atoms with E-state index in [0.29, 0.717) is 17.7 Å². The van der Waals surface area contributed by atoms with Crippen LogP contribution in [0.25, 0.3) is 0 Å². The third-order valence-corrected chi connectivity index (χ3v) is 8.53. The van der Waals surface area contributed by atoms with Crippen molar-refractivity contribution in [1.82, 2.24) is 14.5 Å². The number of fused-ring (bicyclic) bond motifs is 1. The van der Waals surface area contributed by atoms with Crippen molar-refractivity contribution in [3.8, 4) is 0 Å². The topological polar surface area (TPSA) is 157 Å². The molecule has 0 radical (unpaired) electrons. The Labute approximate surface area is 222 Å². The maximum atomic E-state index is 13.8. The number of nitrogens with zero attached hydrogens (tertiary/aromatic N) is 2. The third-order valence-electron chi connectivity index (χ3n) is 7.06. The predicted molar refractivity (Wildman–Crippen MR) is 143 cm³/mol. The van der Waals surface area contributed by atoms with Gasteiger partial charge >= 0.3 is 5.97 Å². The van der Waals surface area contributed by atoms with Gasteiger partial charge in [-0.3, -0.25) is 10.2 Å². The molecule has 0 unspecified atom stereocenters. The Kier molecular flexibility index (Phi) is 8.00. The smallest absolute Gasteiger partial charge is 0.326 e. The molecule has 38 heavy (non-hydrogen) atoms. The summed E-state index contributed by atoms with van der Waals surface area (Å²) in [7, 11) is -2.16. The van der Waals surface area contributed by atoms with E-state index < -0.39 is 34.0 Å². The summed E-state index contributed by atoms with van der Waals surface area (Å²) in [4.78, 5) is 29.1. The van der Waals surface area contributed by atoms with Crippen LogP contribution in [0.1, 0.15) is 35.6 Å². The minimum atomic E-state index is -4.13. The minimum absolute atomic E-state index is 0.0433. The van der Waals surface area contributed by atoms with Crippen LogP contribution in [0.5, 0.6) is 0 Å². The molecule has 2 atom stereocenters. The second-order valence-electron chi connectivity index (χ2n) is 10.0. The number of carbonyl (C=O) groups is 2. The molecule has 2 aliphatic heterocycles. The Morgan fingerprint density at radius 3 is 2.68 bits per heavy atom. The van der Waals surface area contributed by atoms with E-state index in [0.717, 1.165) is 29.7 Å². The van der Waals surface area contributed by atoms with Crippen LogP contribution < -0.4 is 10.5 Å². The molecule has 0 aliphatic carbocycles. The number of carboxylic acids is 1. The van der Waals surface area contributed by atoms with E-state index in [1.807, 2.05) is 13.1 Å². The third kappa shape index (κ3) is 6.12. The number of nitrogens with two attached hydrogens (primary N) is 1. The highest BCUT2D eigenvalue weighted by Crippen LogP contribution is 2.24. The number of hydrogen-bond donors (Lipinski definition) is 4. The van der Waals surface area contributed by atoms with Crippen molar-refractivity contribution in [2.75, 3.05) is 20.1 Å². The lowest BCUT2D eigenvalue weighted by Gasteiger charge is -2.34. The molecule has 0 saturated carbocycles. The number of hydrogen-bond acceptors (Lipinski definition) is 6. The van der Waals surface area contributed by atoms with Gasteiger partial charge in [0.25, 0.3) is 0 Å². The highest BCUT2D eigenvalue weighted by molar-refractivity contribution is 7.89. The molecule has 0 aromatic heterocycles. The fraction of sp³-hybridized carbons (Fsp3) is 0.370. The zero-order valence-electron chi connectivity index (χ0n) is 21.5. The fourth-order valence-corrected chi connectivity index (χ4v) is 6.16. The van der Waals surface area contributed by atoms with Crippen LogP contribution in [0.15, 0.2) is 59.0 Å². The van der Waals surface area contributed by atoms with Gasteiger partial charge in [0, 0.05) is 25.2 Å². The second kappa shape index (κ2) is 11.1. The normalized spacial score (nSPS) is 18.8. The van der Waals surface area contributed by atoms with Crippen molar-refractivity contribution in [2.45, 2.75) is 49.7 Å². The SMILES string of the molecule is CC1=CCN(C(=O)[C@H](Cc2cccc(C(=N)N)c2)NS(=O)(=O)c2ccc3c(c2)CN(C)CC3)[C@H](C(=O)O)C1. The van der Waals surface area contributed by atoms with Gasteiger partial charge in [0.1, 0.15) is 17.9 Å². The molecule has 11 heteroatoms. The summed E-state index contributed by atoms with van der Waals surface area (Å²) in [5.41, 5.74) is 9.51. The number of amides is 1. The maximum Gasteiger partial charge on any atom is 0.326 e. The average Bonchev–Trinajstić information content (AvgIpc) is 2.87. The van der Waals surface area contributed by atoms with E-state index >= 15 is 0 Å². The number of nitrogens with one attached hydrogen (secondary N) is 2. The zero-order valence-corrected chi connectivity index (χ0v) is 22.3. The molecular weight excluding hydrogens is 506 g/mol. The standard InChI is InChI=1S/C27H33N5O5S/c1-17-8-11-32(24(12-17)27(34)35)26(33)23(14-18-4-3-5-20(13-18)25(28)29)30-38(36,37)22-7-6-19-9-10-31(2)16-21(19)15-22/h3-8,13,15,23-24,30H,9-12,14,16H2,1-2H3,(H3,28,29)(H,34,35)/t23-,24-/m0/s1. The van der Waals surface area contributed by atoms with Crippen LogP contribution in [0.3, 0.4) is 0 Å². The quantitative estimate of drug-likeness (QED) is 0.225. The lowest BCUT2D eigenvalue weighted by molar-refractivity contribution is -0.150. The largest absolute Gasteiger partial charge is 0.480 e. The summed E-state index contributed by atoms with van der Waals surface area (Å²) in [6.45, 7) is 3.39. The highest BCUT2D eigenvalue weighted by Gasteiger charge is 2.37. The van der Waals surface area contributed by atoms with E-state index in [9.17, 15) is 23.1 Å². The van der Waals surface area contributed by atoms with Gasteiger partial charge in [-0.05, 0) is 68.1 Å². The predicted octanol–water partition coefficient (Wildman–Crippen LogP) is 1.48. The van der Waals surface area contributed by atoms with Gasteiger partial charge in [-0.2, -0.15) is 4.72 Å². The molecule has 202 valence electrons. The number of aliphatic carboxylic acids is 1. The Bertz CT molecular complexity index is 1400. The van der Waals surface area contributed by atoms with Crippen molar-refractivity contribution < 1.29 is 23.1 Å². The van der Waals surface area contributed by atoms with E-state index in [4.69, 9.17) is 11.1 Å². The number of amidine groups is 1. The highest BCUT2D eigenvalue weighted by atomic mass is 32.2. The molecule has 0 fully saturated rings. The van der Waals surface area contributed by atoms with Gasteiger partial charge in [0.05, 0.1) is 4.90 Å². The van der Waals surface area contributed by atoms with E-state index in [1.54, 1.807) is 43.3 Å². The van der Waals surface area contributed by atoms with Gasteiger partial charge in [-0.15, -0.1) is 0 Å². The van der Waals surface area contributed by atoms with Crippen LogP contribution >= 0.6 is 0 Å². The van der Waals surface area contributed by atoms with Crippen molar-refractivity contribution in [1.29, 1.82) is 5.41 Å². The molecule has 4 rings (SSSR count). The van der Waals surface area contributed by atoms with Crippen molar-refractivity contribution >= 4 is 27.7 Å². The molecule has 2 aromatic carbocycles. The van der Waals surface area contributed by atoms with Crippen molar-refractivity contribution in [3.05, 3.63) is 76.4 Å². The number of rotatable bonds is 8. The first-order valence-electron chi connectivity index (χ1n) is 12.4. The summed E-state index contributed by atoms with van der Waals surface area (Å²) in [5, 5.41) is 17.5. The molecule has 0 saturated heterocycles. The van der Waals surface area contributed by atoms with Crippen LogP contribution in [0.2, 0.25) is 0 Å². The minimum Gasteiger partial charge on any atom is -0.480 e. The lowest BCUT2D eigenvalue weighted by atomic mass is 9.98. The van der Waals surface area contributed by atoms with E-state index in [1.165, 1.54) is 11.0 Å². The molecule has 2 aliphatic rings. The summed E-state index contributed by atoms with van der Waals surface area (Å²) in [6, 6.07) is 9.28. The summed E-state index contributed by atoms with van der Waals surface area (Å²) in [6.07, 6.45) is 2.72. The van der Waals surface area contributed by atoms with Crippen LogP contribution in [-0.4, -0.2) is 73.3 Å². The van der Waals surface area contributed by atoms with Crippen LogP contribution in [0, 0.1) is 5.41 Å². The van der Waals surface area contributed by atoms with E-state index in [2.05, 4.69) is 9.62 Å². The Balaban J connectivity index is 1.68. The molecule has 1 amide bonds. The maximum absolute atomic E-state index is 13.8. The summed E-state index contributed by atoms with van der Waals surface area (Å²) < 4.78 is 29.7. The zero-order chi connectivity index (χ0) is 27.6. The first-order valence-corrected chi connectivity index (χ1v) is 13.9. The number of likely N-dealkylation sites (N-methyl/N-ethyl adjacent to an activating group) is 1. The number of carboxylic acid groups (broad SMARTS) is 1. The number of nitrogen functional groups attached to an aromatic ring is 1. The Morgan fingerprint density at radius 1 is 1.21 bits per heavy atom. The van der Waals surface area contributed by atoms with Crippen molar-refractivity contribution in [3.63, 3.8) is 0 Å². The monoisotopic (exact) mass is 539 g/mol. The first kappa shape index (κ1) is 27.5. The number of sulfonamides is 1. The molecule has 5 N–H and O–H groups in total. The summed E-state index contributed by atoms with van der Waals surface area (Å²) >= 11 is 0. The number of carbonyl (C=O) groups excluding carboxylic acids is 1. The van der Waals surface area contributed by atoms with Gasteiger partial charge in [-0.25, -0.2) is 13.2 Å². The van der Waals surface area contributed by atoms with Gasteiger partial charge in [0.15, 0.2) is 0 Å². The Morgan fingerprint density at radius 2 is 1.97 bits per heavy atom. The first-order chi connectivity index (χ1) is 17.9. The summed E-state index contributed by atoms with van der Waals surface area (Å²) in [5.74, 6) is -1.93. The van der Waals surface area contributed by atoms with Crippen molar-refractivity contribution in [2.24, 2.45) is 5.73 Å². The molecule has 0 bridgehead atoms. The van der Waals surface area contributed by atoms with Crippen LogP contribution in [0.4, 0.5) is 0 Å². The fourth-order valence-electron chi connectivity index (χ4n) is 4.92. The van der Waals surface area contributed by atoms with Gasteiger partial charge in [0.2, 0.25) is 15.9 Å². The Hall–Kier alpha value is -3.54. The molecular formula is C27H33N5O5S. The van der Waals surface area contributed by atoms with Crippen LogP contribution in [-0.2, 0) is 39.0 Å². The average molecular weight is 540 g/mol. The molecule has 2 aromatic rings. The number of benzene rings is 2. The molecule has 2 heterocycles. The molecule has 10 nitrogen and oxygen atoms in total. The molecule has 0 spiro atoms.